The van der Waals surface area contributed by atoms with Crippen molar-refractivity contribution in [1.82, 2.24) is 9.80 Å². The molecule has 2 aliphatic rings. The molecular formula is C27H26N2O3. The normalized spacial score (nSPS) is 18.5. The van der Waals surface area contributed by atoms with Gasteiger partial charge in [0.1, 0.15) is 6.10 Å². The Morgan fingerprint density at radius 2 is 1.38 bits per heavy atom. The fourth-order valence-electron chi connectivity index (χ4n) is 4.77. The van der Waals surface area contributed by atoms with Crippen LogP contribution in [-0.4, -0.2) is 47.9 Å². The Morgan fingerprint density at radius 1 is 0.812 bits per heavy atom. The molecule has 1 amide bonds. The lowest BCUT2D eigenvalue weighted by Crippen LogP contribution is -2.50. The molecule has 5 rings (SSSR count). The summed E-state index contributed by atoms with van der Waals surface area (Å²) in [6.07, 6.45) is -0.283. The van der Waals surface area contributed by atoms with Gasteiger partial charge in [-0.15, -0.1) is 0 Å². The van der Waals surface area contributed by atoms with Gasteiger partial charge in [0.2, 0.25) is 5.91 Å². The van der Waals surface area contributed by atoms with E-state index >= 15 is 0 Å². The van der Waals surface area contributed by atoms with Gasteiger partial charge in [-0.05, 0) is 17.2 Å². The van der Waals surface area contributed by atoms with Gasteiger partial charge in [-0.25, -0.2) is 4.79 Å². The quantitative estimate of drug-likeness (QED) is 0.573. The second-order valence-electron chi connectivity index (χ2n) is 8.33. The number of cyclic esters (lactones) is 1. The molecule has 3 aromatic carbocycles. The van der Waals surface area contributed by atoms with Crippen LogP contribution in [0.2, 0.25) is 0 Å². The van der Waals surface area contributed by atoms with Crippen LogP contribution in [0.15, 0.2) is 84.9 Å². The molecule has 0 N–H and O–H groups in total. The first-order chi connectivity index (χ1) is 15.7. The van der Waals surface area contributed by atoms with Gasteiger partial charge < -0.3 is 9.64 Å². The molecule has 5 heteroatoms. The number of ether oxygens (including phenoxy) is 1. The van der Waals surface area contributed by atoms with Crippen LogP contribution in [0.25, 0.3) is 0 Å². The van der Waals surface area contributed by atoms with E-state index in [1.807, 2.05) is 35.2 Å². The maximum absolute atomic E-state index is 13.0. The fourth-order valence-corrected chi connectivity index (χ4v) is 4.77. The molecule has 0 aromatic heterocycles. The van der Waals surface area contributed by atoms with E-state index in [2.05, 4.69) is 53.4 Å². The van der Waals surface area contributed by atoms with Gasteiger partial charge in [0.25, 0.3) is 0 Å². The molecule has 0 radical (unpaired) electrons. The minimum atomic E-state index is -0.481. The molecule has 0 unspecified atom stereocenters. The summed E-state index contributed by atoms with van der Waals surface area (Å²) >= 11 is 0. The monoisotopic (exact) mass is 426 g/mol. The maximum Gasteiger partial charge on any atom is 0.339 e. The summed E-state index contributed by atoms with van der Waals surface area (Å²) in [4.78, 5) is 29.4. The van der Waals surface area contributed by atoms with Gasteiger partial charge in [-0.2, -0.15) is 0 Å². The Kier molecular flexibility index (Phi) is 5.73. The predicted octanol–water partition coefficient (Wildman–Crippen LogP) is 4.22. The molecule has 5 nitrogen and oxygen atoms in total. The number of hydrogen-bond acceptors (Lipinski definition) is 4. The Bertz CT molecular complexity index is 1050. The van der Waals surface area contributed by atoms with Crippen LogP contribution in [0.1, 0.15) is 45.6 Å². The number of piperazine rings is 1. The summed E-state index contributed by atoms with van der Waals surface area (Å²) in [6.45, 7) is 2.91. The molecule has 0 spiro atoms. The van der Waals surface area contributed by atoms with Crippen molar-refractivity contribution in [3.8, 4) is 0 Å². The Morgan fingerprint density at radius 3 is 2.00 bits per heavy atom. The van der Waals surface area contributed by atoms with Crippen molar-refractivity contribution in [2.75, 3.05) is 26.2 Å². The smallest absolute Gasteiger partial charge is 0.339 e. The highest BCUT2D eigenvalue weighted by Crippen LogP contribution is 2.34. The predicted molar refractivity (Wildman–Crippen MR) is 122 cm³/mol. The second-order valence-corrected chi connectivity index (χ2v) is 8.33. The van der Waals surface area contributed by atoms with Crippen molar-refractivity contribution in [3.63, 3.8) is 0 Å². The van der Waals surface area contributed by atoms with Crippen LogP contribution in [0.5, 0.6) is 0 Å². The van der Waals surface area contributed by atoms with Crippen molar-refractivity contribution in [1.29, 1.82) is 0 Å². The molecule has 0 saturated carbocycles. The molecule has 0 aliphatic carbocycles. The van der Waals surface area contributed by atoms with Crippen LogP contribution < -0.4 is 0 Å². The van der Waals surface area contributed by atoms with Crippen LogP contribution in [0.3, 0.4) is 0 Å². The molecule has 162 valence electrons. The number of hydrogen-bond donors (Lipinski definition) is 0. The number of carbonyl (C=O) groups excluding carboxylic acids is 2. The number of benzene rings is 3. The van der Waals surface area contributed by atoms with Crippen molar-refractivity contribution in [3.05, 3.63) is 107 Å². The largest absolute Gasteiger partial charge is 0.453 e. The van der Waals surface area contributed by atoms with Crippen molar-refractivity contribution in [2.45, 2.75) is 18.6 Å². The number of nitrogens with zero attached hydrogens (tertiary/aromatic N) is 2. The van der Waals surface area contributed by atoms with E-state index in [4.69, 9.17) is 4.74 Å². The molecular weight excluding hydrogens is 400 g/mol. The maximum atomic E-state index is 13.0. The highest BCUT2D eigenvalue weighted by Gasteiger charge is 2.34. The first kappa shape index (κ1) is 20.5. The van der Waals surface area contributed by atoms with E-state index in [0.29, 0.717) is 18.7 Å². The van der Waals surface area contributed by atoms with E-state index < -0.39 is 6.10 Å². The summed E-state index contributed by atoms with van der Waals surface area (Å²) in [7, 11) is 0. The Hall–Kier alpha value is -3.44. The lowest BCUT2D eigenvalue weighted by Gasteiger charge is -2.40. The van der Waals surface area contributed by atoms with Crippen LogP contribution >= 0.6 is 0 Å². The Balaban J connectivity index is 1.26. The van der Waals surface area contributed by atoms with E-state index in [9.17, 15) is 9.59 Å². The summed E-state index contributed by atoms with van der Waals surface area (Å²) in [5.74, 6) is -0.299. The Labute approximate surface area is 188 Å². The second kappa shape index (κ2) is 8.97. The fraction of sp³-hybridized carbons (Fsp3) is 0.259. The molecule has 3 aromatic rings. The number of rotatable bonds is 5. The van der Waals surface area contributed by atoms with Crippen molar-refractivity contribution >= 4 is 11.9 Å². The summed E-state index contributed by atoms with van der Waals surface area (Å²) < 4.78 is 5.47. The highest BCUT2D eigenvalue weighted by atomic mass is 16.5. The van der Waals surface area contributed by atoms with Crippen LogP contribution in [-0.2, 0) is 9.53 Å². The van der Waals surface area contributed by atoms with Gasteiger partial charge in [0.05, 0.1) is 18.0 Å². The van der Waals surface area contributed by atoms with Crippen LogP contribution in [0.4, 0.5) is 0 Å². The van der Waals surface area contributed by atoms with Gasteiger partial charge in [-0.1, -0.05) is 78.9 Å². The molecule has 1 atom stereocenters. The summed E-state index contributed by atoms with van der Waals surface area (Å²) in [5.41, 5.74) is 3.90. The summed E-state index contributed by atoms with van der Waals surface area (Å²) in [6, 6.07) is 28.5. The zero-order chi connectivity index (χ0) is 21.9. The lowest BCUT2D eigenvalue weighted by atomic mass is 9.96. The third-order valence-corrected chi connectivity index (χ3v) is 6.40. The number of fused-ring (bicyclic) bond motifs is 1. The van der Waals surface area contributed by atoms with Crippen molar-refractivity contribution in [2.24, 2.45) is 0 Å². The average Bonchev–Trinajstić information content (AvgIpc) is 3.16. The van der Waals surface area contributed by atoms with Crippen molar-refractivity contribution < 1.29 is 14.3 Å². The minimum absolute atomic E-state index is 0.0372. The minimum Gasteiger partial charge on any atom is -0.453 e. The van der Waals surface area contributed by atoms with E-state index in [0.717, 1.165) is 18.7 Å². The number of amides is 1. The van der Waals surface area contributed by atoms with E-state index in [1.54, 1.807) is 6.07 Å². The molecule has 2 aliphatic heterocycles. The molecule has 32 heavy (non-hydrogen) atoms. The topological polar surface area (TPSA) is 49.9 Å². The van der Waals surface area contributed by atoms with Gasteiger partial charge >= 0.3 is 5.97 Å². The van der Waals surface area contributed by atoms with E-state index in [1.165, 1.54) is 11.1 Å². The highest BCUT2D eigenvalue weighted by molar-refractivity contribution is 5.94. The SMILES string of the molecule is O=C1O[C@@H](CC(=O)N2CCN(C(c3ccccc3)c3ccccc3)CC2)c2ccccc21. The molecule has 2 heterocycles. The average molecular weight is 427 g/mol. The molecule has 1 fully saturated rings. The van der Waals surface area contributed by atoms with Gasteiger partial charge in [0, 0.05) is 31.7 Å². The first-order valence-corrected chi connectivity index (χ1v) is 11.1. The lowest BCUT2D eigenvalue weighted by molar-refractivity contribution is -0.135. The first-order valence-electron chi connectivity index (χ1n) is 11.1. The zero-order valence-corrected chi connectivity index (χ0v) is 17.9. The van der Waals surface area contributed by atoms with E-state index in [-0.39, 0.29) is 24.3 Å². The van der Waals surface area contributed by atoms with Gasteiger partial charge in [-0.3, -0.25) is 9.69 Å². The summed E-state index contributed by atoms with van der Waals surface area (Å²) in [5, 5.41) is 0. The molecule has 1 saturated heterocycles. The zero-order valence-electron chi connectivity index (χ0n) is 17.9. The van der Waals surface area contributed by atoms with Crippen LogP contribution in [0, 0.1) is 0 Å². The number of carbonyl (C=O) groups is 2. The third kappa shape index (κ3) is 4.04. The molecule has 0 bridgehead atoms. The third-order valence-electron chi connectivity index (χ3n) is 6.40. The standard InChI is InChI=1S/C27H26N2O3/c30-25(19-24-22-13-7-8-14-23(22)27(31)32-24)28-15-17-29(18-16-28)26(20-9-3-1-4-10-20)21-11-5-2-6-12-21/h1-14,24,26H,15-19H2/t24-/m0/s1. The number of esters is 1. The van der Waals surface area contributed by atoms with Gasteiger partial charge in [0.15, 0.2) is 0 Å².